The molecule has 1 aromatic heterocycles. The molecule has 0 aliphatic heterocycles. The molecule has 0 aromatic carbocycles. The van der Waals surface area contributed by atoms with Crippen molar-refractivity contribution in [3.8, 4) is 0 Å². The third-order valence-electron chi connectivity index (χ3n) is 0.860. The summed E-state index contributed by atoms with van der Waals surface area (Å²) < 4.78 is -0.853. The molecule has 0 unspecified atom stereocenters. The molecule has 1 aromatic rings. The predicted molar refractivity (Wildman–Crippen MR) is 55.6 cm³/mol. The average molecular weight is 262 g/mol. The summed E-state index contributed by atoms with van der Waals surface area (Å²) in [5.41, 5.74) is 0. The number of rotatable bonds is 1. The number of halogens is 3. The van der Waals surface area contributed by atoms with Crippen LogP contribution in [0.2, 0.25) is 0 Å². The Labute approximate surface area is 93.6 Å². The average Bonchev–Trinajstić information content (AvgIpc) is 1.82. The van der Waals surface area contributed by atoms with Gasteiger partial charge >= 0.3 is 0 Å². The van der Waals surface area contributed by atoms with Gasteiger partial charge in [-0.15, -0.1) is 0 Å². The van der Waals surface area contributed by atoms with Crippen LogP contribution in [0.25, 0.3) is 0 Å². The molecule has 0 amide bonds. The topological polar surface area (TPSA) is 28.7 Å². The van der Waals surface area contributed by atoms with Crippen LogP contribution in [0.1, 0.15) is 0 Å². The maximum absolute atomic E-state index is 5.52. The summed E-state index contributed by atoms with van der Waals surface area (Å²) in [5, 5.41) is 0.488. The lowest BCUT2D eigenvalue weighted by atomic mass is 10.7. The van der Waals surface area contributed by atoms with Crippen molar-refractivity contribution in [1.29, 1.82) is 0 Å². The molecule has 0 bridgehead atoms. The van der Waals surface area contributed by atoms with Gasteiger partial charge in [-0.3, -0.25) is 0 Å². The Morgan fingerprint density at radius 2 is 2.17 bits per heavy atom. The molecule has 0 aliphatic rings. The molecule has 1 N–H and O–H groups in total. The Bertz CT molecular complexity index is 319. The molecule has 0 saturated carbocycles. The summed E-state index contributed by atoms with van der Waals surface area (Å²) in [5.74, 6) is 0. The lowest BCUT2D eigenvalue weighted by Gasteiger charge is -2.07. The monoisotopic (exact) mass is 260 g/mol. The van der Waals surface area contributed by atoms with Crippen molar-refractivity contribution in [2.75, 3.05) is 0 Å². The fraction of sp³-hybridized carbons (Fsp3) is 0.200. The smallest absolute Gasteiger partial charge is 0.244 e. The maximum Gasteiger partial charge on any atom is 0.244 e. The van der Waals surface area contributed by atoms with Gasteiger partial charge in [0, 0.05) is 6.20 Å². The minimum absolute atomic E-state index is 0.488. The fourth-order valence-corrected chi connectivity index (χ4v) is 1.89. The Hall–Kier alpha value is 0.520. The van der Waals surface area contributed by atoms with Gasteiger partial charge in [0.25, 0.3) is 0 Å². The number of hydrogen-bond acceptors (Lipinski definition) is 3. The van der Waals surface area contributed by atoms with E-state index in [2.05, 4.69) is 9.97 Å². The Morgan fingerprint density at radius 3 is 2.67 bits per heavy atom. The zero-order chi connectivity index (χ0) is 9.19. The summed E-state index contributed by atoms with van der Waals surface area (Å²) in [4.78, 5) is 6.69. The first-order valence-electron chi connectivity index (χ1n) is 2.78. The normalized spacial score (nSPS) is 11.6. The Morgan fingerprint density at radius 1 is 1.50 bits per heavy atom. The van der Waals surface area contributed by atoms with Gasteiger partial charge < -0.3 is 4.98 Å². The molecule has 1 heterocycles. The first kappa shape index (κ1) is 10.6. The number of aromatic amines is 1. The summed E-state index contributed by atoms with van der Waals surface area (Å²) in [6.45, 7) is 0. The van der Waals surface area contributed by atoms with E-state index in [-0.39, 0.29) is 0 Å². The van der Waals surface area contributed by atoms with E-state index in [9.17, 15) is 0 Å². The highest BCUT2D eigenvalue weighted by atomic mass is 35.6. The van der Waals surface area contributed by atoms with E-state index in [4.69, 9.17) is 47.0 Å². The summed E-state index contributed by atoms with van der Waals surface area (Å²) in [7, 11) is 0. The van der Waals surface area contributed by atoms with Gasteiger partial charge in [-0.25, -0.2) is 4.98 Å². The van der Waals surface area contributed by atoms with Crippen molar-refractivity contribution >= 4 is 58.8 Å². The van der Waals surface area contributed by atoms with Crippen LogP contribution >= 0.6 is 58.8 Å². The van der Waals surface area contributed by atoms with Crippen LogP contribution in [0.4, 0.5) is 0 Å². The molecule has 12 heavy (non-hydrogen) atoms. The molecule has 0 saturated heterocycles. The second-order valence-electron chi connectivity index (χ2n) is 1.79. The van der Waals surface area contributed by atoms with E-state index in [1.54, 1.807) is 12.3 Å². The molecular formula is C5H3Cl3N2S2. The molecule has 0 radical (unpaired) electrons. The lowest BCUT2D eigenvalue weighted by Crippen LogP contribution is -1.96. The fourth-order valence-electron chi connectivity index (χ4n) is 0.513. The highest BCUT2D eigenvalue weighted by molar-refractivity contribution is 8.04. The molecule has 7 heteroatoms. The van der Waals surface area contributed by atoms with Crippen molar-refractivity contribution in [2.24, 2.45) is 0 Å². The van der Waals surface area contributed by atoms with Gasteiger partial charge in [-0.1, -0.05) is 47.0 Å². The number of H-pyrrole nitrogens is 1. The second-order valence-corrected chi connectivity index (χ2v) is 6.38. The summed E-state index contributed by atoms with van der Waals surface area (Å²) in [6.07, 6.45) is 1.55. The van der Waals surface area contributed by atoms with Gasteiger partial charge in [0.2, 0.25) is 3.12 Å². The third-order valence-corrected chi connectivity index (χ3v) is 2.43. The number of aromatic nitrogens is 2. The number of thioether (sulfide) groups is 1. The van der Waals surface area contributed by atoms with E-state index < -0.39 is 3.12 Å². The van der Waals surface area contributed by atoms with Gasteiger partial charge in [0.05, 0.1) is 0 Å². The molecule has 0 fully saturated rings. The van der Waals surface area contributed by atoms with Gasteiger partial charge in [0.15, 0.2) is 5.16 Å². The number of nitrogens with one attached hydrogen (secondary N) is 1. The SMILES string of the molecule is S=c1ccnc(SC(Cl)(Cl)Cl)[nH]1. The van der Waals surface area contributed by atoms with Crippen molar-refractivity contribution in [2.45, 2.75) is 8.28 Å². The van der Waals surface area contributed by atoms with Crippen molar-refractivity contribution < 1.29 is 0 Å². The van der Waals surface area contributed by atoms with Crippen LogP contribution in [0.5, 0.6) is 0 Å². The standard InChI is InChI=1S/C5H3Cl3N2S2/c6-5(7,8)12-4-9-2-1-3(11)10-4/h1-2H,(H,9,10,11). The minimum atomic E-state index is -1.41. The molecule has 0 spiro atoms. The molecule has 66 valence electrons. The highest BCUT2D eigenvalue weighted by Gasteiger charge is 2.22. The van der Waals surface area contributed by atoms with Crippen LogP contribution in [0.15, 0.2) is 17.4 Å². The van der Waals surface area contributed by atoms with Crippen LogP contribution in [-0.4, -0.2) is 13.1 Å². The quantitative estimate of drug-likeness (QED) is 0.363. The van der Waals surface area contributed by atoms with Crippen molar-refractivity contribution in [3.63, 3.8) is 0 Å². The van der Waals surface area contributed by atoms with E-state index in [1.807, 2.05) is 0 Å². The second kappa shape index (κ2) is 4.15. The van der Waals surface area contributed by atoms with Crippen LogP contribution in [0.3, 0.4) is 0 Å². The first-order chi connectivity index (χ1) is 5.47. The number of alkyl halides is 3. The van der Waals surface area contributed by atoms with Gasteiger partial charge in [0.1, 0.15) is 4.64 Å². The van der Waals surface area contributed by atoms with Gasteiger partial charge in [-0.2, -0.15) is 0 Å². The summed E-state index contributed by atoms with van der Waals surface area (Å²) >= 11 is 22.4. The lowest BCUT2D eigenvalue weighted by molar-refractivity contribution is 0.957. The zero-order valence-corrected chi connectivity index (χ0v) is 9.45. The molecule has 0 atom stereocenters. The highest BCUT2D eigenvalue weighted by Crippen LogP contribution is 2.41. The van der Waals surface area contributed by atoms with Crippen molar-refractivity contribution in [3.05, 3.63) is 16.9 Å². The van der Waals surface area contributed by atoms with Crippen molar-refractivity contribution in [1.82, 2.24) is 9.97 Å². The van der Waals surface area contributed by atoms with E-state index in [0.717, 1.165) is 11.8 Å². The molecule has 1 rings (SSSR count). The number of nitrogens with zero attached hydrogens (tertiary/aromatic N) is 1. The predicted octanol–water partition coefficient (Wildman–Crippen LogP) is 3.56. The number of hydrogen-bond donors (Lipinski definition) is 1. The summed E-state index contributed by atoms with van der Waals surface area (Å²) in [6, 6.07) is 1.65. The Kier molecular flexibility index (Phi) is 3.67. The first-order valence-corrected chi connectivity index (χ1v) is 5.14. The van der Waals surface area contributed by atoms with Crippen LogP contribution in [-0.2, 0) is 0 Å². The largest absolute Gasteiger partial charge is 0.326 e. The van der Waals surface area contributed by atoms with E-state index >= 15 is 0 Å². The zero-order valence-electron chi connectivity index (χ0n) is 5.55. The van der Waals surface area contributed by atoms with Crippen LogP contribution < -0.4 is 0 Å². The van der Waals surface area contributed by atoms with Gasteiger partial charge in [-0.05, 0) is 17.8 Å². The maximum atomic E-state index is 5.52. The molecule has 2 nitrogen and oxygen atoms in total. The molecule has 0 aliphatic carbocycles. The molecular weight excluding hydrogens is 259 g/mol. The minimum Gasteiger partial charge on any atom is -0.326 e. The third kappa shape index (κ3) is 3.96. The Balaban J connectivity index is 2.84. The van der Waals surface area contributed by atoms with E-state index in [0.29, 0.717) is 9.80 Å². The van der Waals surface area contributed by atoms with Crippen LogP contribution in [0, 0.1) is 4.64 Å². The van der Waals surface area contributed by atoms with E-state index in [1.165, 1.54) is 0 Å².